The van der Waals surface area contributed by atoms with E-state index in [-0.39, 0.29) is 33.5 Å². The quantitative estimate of drug-likeness (QED) is 0.570. The molecule has 0 spiro atoms. The Morgan fingerprint density at radius 3 is 1.50 bits per heavy atom. The first-order valence-corrected chi connectivity index (χ1v) is 13.8. The molecule has 2 amide bonds. The molecule has 0 heterocycles. The van der Waals surface area contributed by atoms with Gasteiger partial charge >= 0.3 is 0 Å². The summed E-state index contributed by atoms with van der Waals surface area (Å²) in [5.74, 6) is 1.09. The summed E-state index contributed by atoms with van der Waals surface area (Å²) < 4.78 is 0. The minimum Gasteiger partial charge on any atom is -0.353 e. The molecule has 32 heavy (non-hydrogen) atoms. The van der Waals surface area contributed by atoms with Crippen LogP contribution in [-0.4, -0.2) is 23.9 Å². The highest BCUT2D eigenvalue weighted by atomic mass is 16.2. The predicted molar refractivity (Wildman–Crippen MR) is 128 cm³/mol. The summed E-state index contributed by atoms with van der Waals surface area (Å²) >= 11 is 0. The molecule has 0 aliphatic heterocycles. The van der Waals surface area contributed by atoms with Crippen molar-refractivity contribution in [3.05, 3.63) is 0 Å². The lowest BCUT2D eigenvalue weighted by Crippen LogP contribution is -2.67. The number of hydrogen-bond acceptors (Lipinski definition) is 2. The molecule has 2 unspecified atom stereocenters. The van der Waals surface area contributed by atoms with Crippen LogP contribution in [-0.2, 0) is 9.59 Å². The number of carbonyl (C=O) groups excluding carboxylic acids is 2. The molecule has 4 bridgehead atoms. The number of amides is 2. The molecule has 2 atom stereocenters. The Morgan fingerprint density at radius 1 is 0.656 bits per heavy atom. The molecule has 0 saturated heterocycles. The van der Waals surface area contributed by atoms with Crippen molar-refractivity contribution in [3.8, 4) is 0 Å². The lowest BCUT2D eigenvalue weighted by molar-refractivity contribution is -0.203. The molecule has 4 nitrogen and oxygen atoms in total. The van der Waals surface area contributed by atoms with Gasteiger partial charge in [0.25, 0.3) is 0 Å². The van der Waals surface area contributed by atoms with Crippen molar-refractivity contribution >= 4 is 11.8 Å². The Bertz CT molecular complexity index is 693. The Hall–Kier alpha value is -1.06. The van der Waals surface area contributed by atoms with E-state index in [0.29, 0.717) is 18.0 Å². The van der Waals surface area contributed by atoms with E-state index in [9.17, 15) is 9.59 Å². The van der Waals surface area contributed by atoms with Crippen LogP contribution in [0.4, 0.5) is 0 Å². The fraction of sp³-hybridized carbons (Fsp3) is 0.929. The number of carbonyl (C=O) groups is 2. The van der Waals surface area contributed by atoms with Gasteiger partial charge < -0.3 is 10.6 Å². The highest BCUT2D eigenvalue weighted by Gasteiger charge is 2.70. The molecule has 0 aromatic rings. The Balaban J connectivity index is 1.43. The Labute approximate surface area is 195 Å². The molecule has 0 aromatic heterocycles. The molecule has 0 radical (unpaired) electrons. The van der Waals surface area contributed by atoms with Crippen LogP contribution in [0, 0.1) is 27.6 Å². The van der Waals surface area contributed by atoms with Crippen molar-refractivity contribution in [3.63, 3.8) is 0 Å². The van der Waals surface area contributed by atoms with Gasteiger partial charge in [-0.05, 0) is 81.0 Å². The van der Waals surface area contributed by atoms with Crippen LogP contribution in [0.1, 0.15) is 124 Å². The second-order valence-electron chi connectivity index (χ2n) is 13.7. The van der Waals surface area contributed by atoms with Gasteiger partial charge in [0.15, 0.2) is 0 Å². The SMILES string of the molecule is CC(C)(C)C12CC3CC(C(=O)NC4CCCCC4)(CC(C(=O)NC4CCCCC4)(C3)C1)C2. The zero-order valence-corrected chi connectivity index (χ0v) is 20.9. The maximum Gasteiger partial charge on any atom is 0.226 e. The van der Waals surface area contributed by atoms with Gasteiger partial charge in [0.2, 0.25) is 11.8 Å². The van der Waals surface area contributed by atoms with Crippen molar-refractivity contribution in [2.45, 2.75) is 136 Å². The van der Waals surface area contributed by atoms with Gasteiger partial charge in [-0.25, -0.2) is 0 Å². The Kier molecular flexibility index (Phi) is 5.69. The monoisotopic (exact) mass is 442 g/mol. The average molecular weight is 443 g/mol. The van der Waals surface area contributed by atoms with Crippen LogP contribution in [0.15, 0.2) is 0 Å². The summed E-state index contributed by atoms with van der Waals surface area (Å²) in [6, 6.07) is 0.698. The van der Waals surface area contributed by atoms with Crippen LogP contribution in [0.2, 0.25) is 0 Å². The van der Waals surface area contributed by atoms with E-state index in [4.69, 9.17) is 0 Å². The summed E-state index contributed by atoms with van der Waals surface area (Å²) in [6.45, 7) is 7.08. The van der Waals surface area contributed by atoms with Crippen molar-refractivity contribution in [2.24, 2.45) is 27.6 Å². The lowest BCUT2D eigenvalue weighted by Gasteiger charge is -2.68. The first-order chi connectivity index (χ1) is 15.2. The summed E-state index contributed by atoms with van der Waals surface area (Å²) in [7, 11) is 0. The molecular weight excluding hydrogens is 396 g/mol. The van der Waals surface area contributed by atoms with Crippen molar-refractivity contribution in [2.75, 3.05) is 0 Å². The van der Waals surface area contributed by atoms with E-state index in [1.165, 1.54) is 44.9 Å². The lowest BCUT2D eigenvalue weighted by atomic mass is 9.35. The smallest absolute Gasteiger partial charge is 0.226 e. The second-order valence-corrected chi connectivity index (χ2v) is 13.7. The molecule has 6 saturated carbocycles. The van der Waals surface area contributed by atoms with Gasteiger partial charge in [-0.1, -0.05) is 59.3 Å². The van der Waals surface area contributed by atoms with Crippen molar-refractivity contribution < 1.29 is 9.59 Å². The standard InChI is InChI=1S/C28H46N2O2/c1-25(2,3)28-16-20-14-26(18-28,23(31)29-21-10-6-4-7-11-21)17-27(15-20,19-28)24(32)30-22-12-8-5-9-13-22/h20-22H,4-19H2,1-3H3,(H,29,31)(H,30,32). The van der Waals surface area contributed by atoms with E-state index >= 15 is 0 Å². The highest BCUT2D eigenvalue weighted by Crippen LogP contribution is 2.73. The first kappa shape index (κ1) is 22.7. The number of rotatable bonds is 4. The second kappa shape index (κ2) is 8.01. The highest BCUT2D eigenvalue weighted by molar-refractivity contribution is 5.88. The maximum atomic E-state index is 13.9. The molecule has 6 aliphatic rings. The summed E-state index contributed by atoms with van der Waals surface area (Å²) in [5.41, 5.74) is -0.471. The third-order valence-electron chi connectivity index (χ3n) is 10.5. The van der Waals surface area contributed by atoms with Crippen molar-refractivity contribution in [1.82, 2.24) is 10.6 Å². The fourth-order valence-electron chi connectivity index (χ4n) is 8.95. The summed E-state index contributed by atoms with van der Waals surface area (Å²) in [4.78, 5) is 27.9. The molecular formula is C28H46N2O2. The van der Waals surface area contributed by atoms with Gasteiger partial charge in [0.1, 0.15) is 0 Å². The van der Waals surface area contributed by atoms with E-state index in [0.717, 1.165) is 57.8 Å². The molecule has 6 aliphatic carbocycles. The average Bonchev–Trinajstić information content (AvgIpc) is 2.73. The van der Waals surface area contributed by atoms with Crippen molar-refractivity contribution in [1.29, 1.82) is 0 Å². The van der Waals surface area contributed by atoms with Crippen LogP contribution in [0.5, 0.6) is 0 Å². The maximum absolute atomic E-state index is 13.9. The van der Waals surface area contributed by atoms with E-state index in [2.05, 4.69) is 31.4 Å². The Morgan fingerprint density at radius 2 is 1.09 bits per heavy atom. The largest absolute Gasteiger partial charge is 0.353 e. The minimum atomic E-state index is -0.339. The predicted octanol–water partition coefficient (Wildman–Crippen LogP) is 5.89. The zero-order chi connectivity index (χ0) is 22.6. The minimum absolute atomic E-state index is 0.0974. The summed E-state index contributed by atoms with van der Waals surface area (Å²) in [5, 5.41) is 7.02. The molecule has 6 fully saturated rings. The number of nitrogens with one attached hydrogen (secondary N) is 2. The van der Waals surface area contributed by atoms with E-state index in [1.807, 2.05) is 0 Å². The van der Waals surface area contributed by atoms with Crippen LogP contribution < -0.4 is 10.6 Å². The van der Waals surface area contributed by atoms with Crippen LogP contribution in [0.25, 0.3) is 0 Å². The van der Waals surface area contributed by atoms with Gasteiger partial charge in [0, 0.05) is 12.1 Å². The normalized spacial score (nSPS) is 40.3. The van der Waals surface area contributed by atoms with Gasteiger partial charge in [-0.3, -0.25) is 9.59 Å². The fourth-order valence-corrected chi connectivity index (χ4v) is 8.95. The van der Waals surface area contributed by atoms with Gasteiger partial charge in [-0.2, -0.15) is 0 Å². The van der Waals surface area contributed by atoms with Gasteiger partial charge in [-0.15, -0.1) is 0 Å². The molecule has 6 rings (SSSR count). The van der Waals surface area contributed by atoms with E-state index in [1.54, 1.807) is 0 Å². The molecule has 0 aromatic carbocycles. The van der Waals surface area contributed by atoms with Gasteiger partial charge in [0.05, 0.1) is 10.8 Å². The third-order valence-corrected chi connectivity index (χ3v) is 10.5. The molecule has 2 N–H and O–H groups in total. The van der Waals surface area contributed by atoms with Crippen LogP contribution >= 0.6 is 0 Å². The first-order valence-electron chi connectivity index (χ1n) is 13.8. The van der Waals surface area contributed by atoms with Crippen LogP contribution in [0.3, 0.4) is 0 Å². The third kappa shape index (κ3) is 3.82. The zero-order valence-electron chi connectivity index (χ0n) is 20.9. The van der Waals surface area contributed by atoms with E-state index < -0.39 is 0 Å². The number of hydrogen-bond donors (Lipinski definition) is 2. The summed E-state index contributed by atoms with van der Waals surface area (Å²) in [6.07, 6.45) is 18.0. The molecule has 4 heteroatoms. The topological polar surface area (TPSA) is 58.2 Å². The molecule has 180 valence electrons.